The minimum atomic E-state index is 0.150. The van der Waals surface area contributed by atoms with Crippen molar-refractivity contribution in [1.82, 2.24) is 9.47 Å². The van der Waals surface area contributed by atoms with E-state index in [1.165, 1.54) is 12.8 Å². The Bertz CT molecular complexity index is 510. The number of thioether (sulfide) groups is 1. The van der Waals surface area contributed by atoms with Crippen molar-refractivity contribution >= 4 is 33.6 Å². The molecule has 2 heterocycles. The zero-order valence-corrected chi connectivity index (χ0v) is 14.7. The molecule has 2 aliphatic rings. The number of rotatable bonds is 6. The number of nitrogens with zero attached hydrogens (tertiary/aromatic N) is 2. The van der Waals surface area contributed by atoms with E-state index in [9.17, 15) is 4.79 Å². The van der Waals surface area contributed by atoms with E-state index < -0.39 is 0 Å². The van der Waals surface area contributed by atoms with Gasteiger partial charge in [-0.05, 0) is 47.0 Å². The second-order valence-electron chi connectivity index (χ2n) is 5.69. The second kappa shape index (κ2) is 6.75. The highest BCUT2D eigenvalue weighted by Gasteiger charge is 2.32. The van der Waals surface area contributed by atoms with Crippen LogP contribution >= 0.6 is 27.7 Å². The summed E-state index contributed by atoms with van der Waals surface area (Å²) in [5, 5.41) is 0. The lowest BCUT2D eigenvalue weighted by Gasteiger charge is -2.28. The van der Waals surface area contributed by atoms with Crippen molar-refractivity contribution < 1.29 is 9.53 Å². The number of carbonyl (C=O) groups is 1. The van der Waals surface area contributed by atoms with Crippen LogP contribution in [0.25, 0.3) is 0 Å². The van der Waals surface area contributed by atoms with Gasteiger partial charge in [0.1, 0.15) is 5.69 Å². The highest BCUT2D eigenvalue weighted by Crippen LogP contribution is 2.38. The molecule has 6 heteroatoms. The van der Waals surface area contributed by atoms with Crippen LogP contribution in [0, 0.1) is 0 Å². The molecule has 1 saturated carbocycles. The summed E-state index contributed by atoms with van der Waals surface area (Å²) in [5.41, 5.74) is 0.817. The standard InChI is InChI=1S/C15H21BrN2O2S/c1-20-6-5-17(13-4-7-21-10-13)15(19)14-8-11(16)9-18(14)12-2-3-12/h8-9,12-13H,2-7,10H2,1H3. The van der Waals surface area contributed by atoms with E-state index in [-0.39, 0.29) is 5.91 Å². The Morgan fingerprint density at radius 1 is 1.52 bits per heavy atom. The van der Waals surface area contributed by atoms with Crippen LogP contribution in [0.5, 0.6) is 0 Å². The fourth-order valence-electron chi connectivity index (χ4n) is 2.83. The quantitative estimate of drug-likeness (QED) is 0.768. The van der Waals surface area contributed by atoms with Crippen LogP contribution in [-0.2, 0) is 4.74 Å². The van der Waals surface area contributed by atoms with Gasteiger partial charge in [0.2, 0.25) is 0 Å². The summed E-state index contributed by atoms with van der Waals surface area (Å²) in [5.74, 6) is 2.34. The van der Waals surface area contributed by atoms with E-state index in [0.717, 1.165) is 28.1 Å². The van der Waals surface area contributed by atoms with Gasteiger partial charge in [-0.15, -0.1) is 0 Å². The third kappa shape index (κ3) is 3.48. The first-order chi connectivity index (χ1) is 10.2. The molecule has 0 N–H and O–H groups in total. The van der Waals surface area contributed by atoms with Crippen LogP contribution in [0.2, 0.25) is 0 Å². The summed E-state index contributed by atoms with van der Waals surface area (Å²) in [6.07, 6.45) is 5.49. The molecule has 0 radical (unpaired) electrons. The molecule has 1 aliphatic carbocycles. The number of carbonyl (C=O) groups excluding carboxylic acids is 1. The Kier molecular flexibility index (Phi) is 4.96. The van der Waals surface area contributed by atoms with Gasteiger partial charge >= 0.3 is 0 Å². The largest absolute Gasteiger partial charge is 0.383 e. The number of halogens is 1. The van der Waals surface area contributed by atoms with Crippen molar-refractivity contribution in [3.8, 4) is 0 Å². The highest BCUT2D eigenvalue weighted by molar-refractivity contribution is 9.10. The molecule has 0 bridgehead atoms. The molecule has 3 rings (SSSR count). The number of hydrogen-bond acceptors (Lipinski definition) is 3. The van der Waals surface area contributed by atoms with Crippen molar-refractivity contribution in [2.24, 2.45) is 0 Å². The fraction of sp³-hybridized carbons (Fsp3) is 0.667. The van der Waals surface area contributed by atoms with E-state index in [0.29, 0.717) is 25.2 Å². The molecule has 0 aromatic carbocycles. The summed E-state index contributed by atoms with van der Waals surface area (Å²) in [4.78, 5) is 15.0. The second-order valence-corrected chi connectivity index (χ2v) is 7.76. The van der Waals surface area contributed by atoms with Crippen molar-refractivity contribution in [2.45, 2.75) is 31.3 Å². The Hall–Kier alpha value is -0.460. The van der Waals surface area contributed by atoms with E-state index >= 15 is 0 Å². The molecule has 1 saturated heterocycles. The summed E-state index contributed by atoms with van der Waals surface area (Å²) in [6.45, 7) is 1.27. The van der Waals surface area contributed by atoms with E-state index in [4.69, 9.17) is 4.74 Å². The van der Waals surface area contributed by atoms with Gasteiger partial charge in [0.25, 0.3) is 5.91 Å². The van der Waals surface area contributed by atoms with E-state index in [1.807, 2.05) is 28.9 Å². The predicted octanol–water partition coefficient (Wildman–Crippen LogP) is 3.18. The summed E-state index contributed by atoms with van der Waals surface area (Å²) < 4.78 is 8.33. The van der Waals surface area contributed by atoms with Crippen molar-refractivity contribution in [2.75, 3.05) is 31.8 Å². The number of amides is 1. The van der Waals surface area contributed by atoms with Crippen LogP contribution in [-0.4, -0.2) is 53.2 Å². The predicted molar refractivity (Wildman–Crippen MR) is 89.0 cm³/mol. The van der Waals surface area contributed by atoms with Gasteiger partial charge in [-0.2, -0.15) is 11.8 Å². The average molecular weight is 373 g/mol. The lowest BCUT2D eigenvalue weighted by molar-refractivity contribution is 0.0614. The number of methoxy groups -OCH3 is 1. The fourth-order valence-corrected chi connectivity index (χ4v) is 4.49. The lowest BCUT2D eigenvalue weighted by atomic mass is 10.2. The van der Waals surface area contributed by atoms with Gasteiger partial charge in [-0.25, -0.2) is 0 Å². The van der Waals surface area contributed by atoms with Gasteiger partial charge < -0.3 is 14.2 Å². The Morgan fingerprint density at radius 3 is 2.95 bits per heavy atom. The smallest absolute Gasteiger partial charge is 0.270 e. The molecule has 2 fully saturated rings. The molecule has 1 atom stereocenters. The van der Waals surface area contributed by atoms with Crippen molar-refractivity contribution in [3.63, 3.8) is 0 Å². The van der Waals surface area contributed by atoms with Crippen LogP contribution < -0.4 is 0 Å². The van der Waals surface area contributed by atoms with Crippen LogP contribution in [0.4, 0.5) is 0 Å². The highest BCUT2D eigenvalue weighted by atomic mass is 79.9. The van der Waals surface area contributed by atoms with Crippen LogP contribution in [0.1, 0.15) is 35.8 Å². The average Bonchev–Trinajstić information content (AvgIpc) is 3.03. The molecular formula is C15H21BrN2O2S. The molecule has 4 nitrogen and oxygen atoms in total. The van der Waals surface area contributed by atoms with E-state index in [2.05, 4.69) is 20.5 Å². The van der Waals surface area contributed by atoms with Crippen molar-refractivity contribution in [1.29, 1.82) is 0 Å². The minimum Gasteiger partial charge on any atom is -0.383 e. The third-order valence-electron chi connectivity index (χ3n) is 4.12. The monoisotopic (exact) mass is 372 g/mol. The molecule has 1 aliphatic heterocycles. The van der Waals surface area contributed by atoms with E-state index in [1.54, 1.807) is 7.11 Å². The van der Waals surface area contributed by atoms with Gasteiger partial charge in [-0.1, -0.05) is 0 Å². The topological polar surface area (TPSA) is 34.5 Å². The first-order valence-corrected chi connectivity index (χ1v) is 9.40. The Balaban J connectivity index is 1.82. The molecule has 0 spiro atoms. The molecule has 1 unspecified atom stereocenters. The van der Waals surface area contributed by atoms with Gasteiger partial charge in [-0.3, -0.25) is 4.79 Å². The maximum absolute atomic E-state index is 13.0. The molecule has 1 amide bonds. The normalized spacial score (nSPS) is 21.7. The molecule has 1 aromatic rings. The zero-order chi connectivity index (χ0) is 14.8. The number of ether oxygens (including phenoxy) is 1. The lowest BCUT2D eigenvalue weighted by Crippen LogP contribution is -2.43. The van der Waals surface area contributed by atoms with Gasteiger partial charge in [0.05, 0.1) is 6.61 Å². The SMILES string of the molecule is COCCN(C(=O)c1cc(Br)cn1C1CC1)C1CCSC1. The van der Waals surface area contributed by atoms with Gasteiger partial charge in [0.15, 0.2) is 0 Å². The zero-order valence-electron chi connectivity index (χ0n) is 12.3. The number of aromatic nitrogens is 1. The first-order valence-electron chi connectivity index (χ1n) is 7.45. The third-order valence-corrected chi connectivity index (χ3v) is 5.70. The minimum absolute atomic E-state index is 0.150. The number of hydrogen-bond donors (Lipinski definition) is 0. The van der Waals surface area contributed by atoms with Crippen LogP contribution in [0.3, 0.4) is 0 Å². The van der Waals surface area contributed by atoms with Crippen molar-refractivity contribution in [3.05, 3.63) is 22.4 Å². The molecule has 116 valence electrons. The molecule has 21 heavy (non-hydrogen) atoms. The molecular weight excluding hydrogens is 352 g/mol. The summed E-state index contributed by atoms with van der Waals surface area (Å²) >= 11 is 5.45. The Morgan fingerprint density at radius 2 is 2.33 bits per heavy atom. The maximum atomic E-state index is 13.0. The Labute approximate surface area is 138 Å². The van der Waals surface area contributed by atoms with Gasteiger partial charge in [0, 0.05) is 42.2 Å². The summed E-state index contributed by atoms with van der Waals surface area (Å²) in [7, 11) is 1.69. The van der Waals surface area contributed by atoms with Crippen LogP contribution in [0.15, 0.2) is 16.7 Å². The maximum Gasteiger partial charge on any atom is 0.270 e. The molecule has 1 aromatic heterocycles. The first kappa shape index (κ1) is 15.4. The summed E-state index contributed by atoms with van der Waals surface area (Å²) in [6, 6.07) is 2.82.